The van der Waals surface area contributed by atoms with E-state index in [1.807, 2.05) is 0 Å². The molecule has 0 saturated carbocycles. The maximum Gasteiger partial charge on any atom is 0.0589 e. The molecule has 96 valence electrons. The van der Waals surface area contributed by atoms with Crippen molar-refractivity contribution in [2.24, 2.45) is 5.92 Å². The van der Waals surface area contributed by atoms with Crippen LogP contribution < -0.4 is 0 Å². The highest BCUT2D eigenvalue weighted by molar-refractivity contribution is 4.70. The first-order valence-corrected chi connectivity index (χ1v) is 6.70. The molecular weight excluding hydrogens is 200 g/mol. The quantitative estimate of drug-likeness (QED) is 0.659. The van der Waals surface area contributed by atoms with Crippen molar-refractivity contribution in [3.05, 3.63) is 0 Å². The van der Waals surface area contributed by atoms with Gasteiger partial charge < -0.3 is 14.5 Å². The smallest absolute Gasteiger partial charge is 0.0589 e. The van der Waals surface area contributed by atoms with Crippen molar-refractivity contribution in [1.29, 1.82) is 0 Å². The molecule has 1 aliphatic heterocycles. The van der Waals surface area contributed by atoms with E-state index in [0.717, 1.165) is 25.6 Å². The standard InChI is InChI=1S/C13H28N2O/c1-4-14(11-12-16-3)9-10-15-7-5-13(2)6-8-15/h13H,4-12H2,1-3H3. The Morgan fingerprint density at radius 1 is 1.25 bits per heavy atom. The van der Waals surface area contributed by atoms with Crippen molar-refractivity contribution in [2.75, 3.05) is 53.0 Å². The molecule has 0 aromatic rings. The lowest BCUT2D eigenvalue weighted by Crippen LogP contribution is -2.40. The number of likely N-dealkylation sites (N-methyl/N-ethyl adjacent to an activating group) is 1. The summed E-state index contributed by atoms with van der Waals surface area (Å²) in [6.07, 6.45) is 2.76. The first-order valence-electron chi connectivity index (χ1n) is 6.70. The number of rotatable bonds is 7. The Labute approximate surface area is 101 Å². The largest absolute Gasteiger partial charge is 0.383 e. The van der Waals surface area contributed by atoms with Gasteiger partial charge in [0.05, 0.1) is 6.61 Å². The van der Waals surface area contributed by atoms with E-state index >= 15 is 0 Å². The van der Waals surface area contributed by atoms with E-state index in [4.69, 9.17) is 4.74 Å². The Hall–Kier alpha value is -0.120. The predicted octanol–water partition coefficient (Wildman–Crippen LogP) is 1.69. The van der Waals surface area contributed by atoms with E-state index in [9.17, 15) is 0 Å². The monoisotopic (exact) mass is 228 g/mol. The molecule has 1 rings (SSSR count). The minimum atomic E-state index is 0.852. The molecule has 3 nitrogen and oxygen atoms in total. The highest BCUT2D eigenvalue weighted by atomic mass is 16.5. The van der Waals surface area contributed by atoms with Crippen molar-refractivity contribution >= 4 is 0 Å². The zero-order valence-corrected chi connectivity index (χ0v) is 11.2. The second-order valence-electron chi connectivity index (χ2n) is 4.95. The van der Waals surface area contributed by atoms with Gasteiger partial charge in [0.2, 0.25) is 0 Å². The van der Waals surface area contributed by atoms with Crippen molar-refractivity contribution in [2.45, 2.75) is 26.7 Å². The molecule has 1 saturated heterocycles. The number of hydrogen-bond acceptors (Lipinski definition) is 3. The summed E-state index contributed by atoms with van der Waals surface area (Å²) in [5, 5.41) is 0. The van der Waals surface area contributed by atoms with Crippen molar-refractivity contribution in [1.82, 2.24) is 9.80 Å². The van der Waals surface area contributed by atoms with Gasteiger partial charge in [-0.15, -0.1) is 0 Å². The summed E-state index contributed by atoms with van der Waals surface area (Å²) < 4.78 is 5.12. The molecule has 16 heavy (non-hydrogen) atoms. The Balaban J connectivity index is 2.11. The summed E-state index contributed by atoms with van der Waals surface area (Å²) in [5.41, 5.74) is 0. The first-order chi connectivity index (χ1) is 7.76. The van der Waals surface area contributed by atoms with E-state index < -0.39 is 0 Å². The predicted molar refractivity (Wildman–Crippen MR) is 68.8 cm³/mol. The molecule has 0 bridgehead atoms. The van der Waals surface area contributed by atoms with Gasteiger partial charge in [-0.1, -0.05) is 13.8 Å². The van der Waals surface area contributed by atoms with Gasteiger partial charge in [0.25, 0.3) is 0 Å². The third-order valence-electron chi connectivity index (χ3n) is 3.67. The van der Waals surface area contributed by atoms with Gasteiger partial charge in [-0.25, -0.2) is 0 Å². The van der Waals surface area contributed by atoms with Gasteiger partial charge in [-0.05, 0) is 38.4 Å². The Morgan fingerprint density at radius 2 is 1.94 bits per heavy atom. The maximum atomic E-state index is 5.12. The SMILES string of the molecule is CCN(CCOC)CCN1CCC(C)CC1. The summed E-state index contributed by atoms with van der Waals surface area (Å²) in [4.78, 5) is 5.08. The Bertz CT molecular complexity index is 163. The normalized spacial score (nSPS) is 19.5. The molecular formula is C13H28N2O. The van der Waals surface area contributed by atoms with Crippen LogP contribution in [0, 0.1) is 5.92 Å². The second-order valence-corrected chi connectivity index (χ2v) is 4.95. The summed E-state index contributed by atoms with van der Waals surface area (Å²) in [5.74, 6) is 0.937. The molecule has 1 heterocycles. The minimum absolute atomic E-state index is 0.852. The van der Waals surface area contributed by atoms with Crippen LogP contribution >= 0.6 is 0 Å². The average Bonchev–Trinajstić information content (AvgIpc) is 2.32. The molecule has 0 unspecified atom stereocenters. The van der Waals surface area contributed by atoms with Crippen LogP contribution in [0.1, 0.15) is 26.7 Å². The van der Waals surface area contributed by atoms with Crippen LogP contribution in [-0.2, 0) is 4.74 Å². The fourth-order valence-electron chi connectivity index (χ4n) is 2.22. The molecule has 1 fully saturated rings. The van der Waals surface area contributed by atoms with Crippen LogP contribution in [0.2, 0.25) is 0 Å². The molecule has 0 aromatic carbocycles. The lowest BCUT2D eigenvalue weighted by Gasteiger charge is -2.32. The van der Waals surface area contributed by atoms with Crippen LogP contribution in [0.15, 0.2) is 0 Å². The highest BCUT2D eigenvalue weighted by Crippen LogP contribution is 2.15. The van der Waals surface area contributed by atoms with E-state index in [2.05, 4.69) is 23.6 Å². The second kappa shape index (κ2) is 8.04. The number of ether oxygens (including phenoxy) is 1. The lowest BCUT2D eigenvalue weighted by atomic mass is 9.99. The summed E-state index contributed by atoms with van der Waals surface area (Å²) in [7, 11) is 1.78. The molecule has 0 spiro atoms. The number of nitrogens with zero attached hydrogens (tertiary/aromatic N) is 2. The molecule has 1 aliphatic rings. The van der Waals surface area contributed by atoms with Crippen LogP contribution in [0.5, 0.6) is 0 Å². The third kappa shape index (κ3) is 5.28. The van der Waals surface area contributed by atoms with E-state index in [0.29, 0.717) is 0 Å². The summed E-state index contributed by atoms with van der Waals surface area (Å²) >= 11 is 0. The van der Waals surface area contributed by atoms with Crippen molar-refractivity contribution < 1.29 is 4.74 Å². The van der Waals surface area contributed by atoms with Gasteiger partial charge in [0.15, 0.2) is 0 Å². The maximum absolute atomic E-state index is 5.12. The first kappa shape index (κ1) is 13.9. The average molecular weight is 228 g/mol. The van der Waals surface area contributed by atoms with E-state index in [1.54, 1.807) is 7.11 Å². The van der Waals surface area contributed by atoms with Crippen LogP contribution in [0.4, 0.5) is 0 Å². The Kier molecular flexibility index (Phi) is 7.01. The molecule has 0 amide bonds. The number of likely N-dealkylation sites (tertiary alicyclic amines) is 1. The number of piperidine rings is 1. The van der Waals surface area contributed by atoms with Gasteiger partial charge in [0.1, 0.15) is 0 Å². The van der Waals surface area contributed by atoms with Gasteiger partial charge >= 0.3 is 0 Å². The topological polar surface area (TPSA) is 15.7 Å². The minimum Gasteiger partial charge on any atom is -0.383 e. The molecule has 3 heteroatoms. The zero-order valence-electron chi connectivity index (χ0n) is 11.2. The van der Waals surface area contributed by atoms with Crippen LogP contribution in [-0.4, -0.2) is 62.8 Å². The van der Waals surface area contributed by atoms with Gasteiger partial charge in [-0.3, -0.25) is 0 Å². The molecule has 0 aliphatic carbocycles. The third-order valence-corrected chi connectivity index (χ3v) is 3.67. The zero-order chi connectivity index (χ0) is 11.8. The van der Waals surface area contributed by atoms with E-state index in [1.165, 1.54) is 39.0 Å². The number of hydrogen-bond donors (Lipinski definition) is 0. The van der Waals surface area contributed by atoms with Crippen molar-refractivity contribution in [3.8, 4) is 0 Å². The molecule has 0 N–H and O–H groups in total. The molecule has 0 atom stereocenters. The molecule has 0 radical (unpaired) electrons. The van der Waals surface area contributed by atoms with Gasteiger partial charge in [-0.2, -0.15) is 0 Å². The fourth-order valence-corrected chi connectivity index (χ4v) is 2.22. The Morgan fingerprint density at radius 3 is 2.50 bits per heavy atom. The summed E-state index contributed by atoms with van der Waals surface area (Å²) in [6.45, 7) is 12.7. The fraction of sp³-hybridized carbons (Fsp3) is 1.00. The van der Waals surface area contributed by atoms with Crippen molar-refractivity contribution in [3.63, 3.8) is 0 Å². The van der Waals surface area contributed by atoms with Gasteiger partial charge in [0, 0.05) is 26.7 Å². The molecule has 0 aromatic heterocycles. The number of methoxy groups -OCH3 is 1. The van der Waals surface area contributed by atoms with Crippen LogP contribution in [0.25, 0.3) is 0 Å². The lowest BCUT2D eigenvalue weighted by molar-refractivity contribution is 0.128. The van der Waals surface area contributed by atoms with Crippen LogP contribution in [0.3, 0.4) is 0 Å². The van der Waals surface area contributed by atoms with E-state index in [-0.39, 0.29) is 0 Å². The summed E-state index contributed by atoms with van der Waals surface area (Å²) in [6, 6.07) is 0. The highest BCUT2D eigenvalue weighted by Gasteiger charge is 2.15.